The molecule has 0 aromatic heterocycles. The Morgan fingerprint density at radius 3 is 2.31 bits per heavy atom. The molecule has 2 bridgehead atoms. The third kappa shape index (κ3) is 3.11. The van der Waals surface area contributed by atoms with E-state index < -0.39 is 5.60 Å². The highest BCUT2D eigenvalue weighted by Gasteiger charge is 2.34. The van der Waals surface area contributed by atoms with Gasteiger partial charge in [-0.1, -0.05) is 0 Å². The molecule has 4 nitrogen and oxygen atoms in total. The van der Waals surface area contributed by atoms with Gasteiger partial charge in [0.2, 0.25) is 0 Å². The molecule has 2 rings (SSSR count). The van der Waals surface area contributed by atoms with Gasteiger partial charge in [0.25, 0.3) is 0 Å². The van der Waals surface area contributed by atoms with Crippen LogP contribution < -0.4 is 10.6 Å². The fourth-order valence-corrected chi connectivity index (χ4v) is 2.65. The standard InChI is InChI=1S/C12H22N2O2/c1-12(2,3)16-11(15)14-10-6-8-4-5-9(7-10)13-8/h8-10,13H,4-7H2,1-3H3,(H,14,15)/t8-,9+,10?. The van der Waals surface area contributed by atoms with Gasteiger partial charge in [-0.2, -0.15) is 0 Å². The van der Waals surface area contributed by atoms with Gasteiger partial charge in [-0.15, -0.1) is 0 Å². The molecule has 0 radical (unpaired) electrons. The molecule has 0 spiro atoms. The summed E-state index contributed by atoms with van der Waals surface area (Å²) in [5.74, 6) is 0. The second-order valence-corrected chi connectivity index (χ2v) is 5.95. The summed E-state index contributed by atoms with van der Waals surface area (Å²) in [5, 5.41) is 6.52. The number of piperidine rings is 1. The molecule has 2 aliphatic rings. The van der Waals surface area contributed by atoms with E-state index in [1.165, 1.54) is 12.8 Å². The maximum atomic E-state index is 11.6. The minimum atomic E-state index is -0.407. The number of fused-ring (bicyclic) bond motifs is 2. The Hall–Kier alpha value is -0.770. The molecule has 3 atom stereocenters. The van der Waals surface area contributed by atoms with E-state index in [0.717, 1.165) is 12.8 Å². The molecule has 2 aliphatic heterocycles. The van der Waals surface area contributed by atoms with Crippen molar-refractivity contribution in [3.63, 3.8) is 0 Å². The molecule has 0 aromatic carbocycles. The second kappa shape index (κ2) is 4.24. The molecular formula is C12H22N2O2. The van der Waals surface area contributed by atoms with Crippen LogP contribution in [0.3, 0.4) is 0 Å². The number of rotatable bonds is 1. The van der Waals surface area contributed by atoms with Crippen LogP contribution in [0, 0.1) is 0 Å². The summed E-state index contributed by atoms with van der Waals surface area (Å²) in [4.78, 5) is 11.6. The minimum Gasteiger partial charge on any atom is -0.444 e. The van der Waals surface area contributed by atoms with Gasteiger partial charge >= 0.3 is 6.09 Å². The Balaban J connectivity index is 1.79. The fraction of sp³-hybridized carbons (Fsp3) is 0.917. The number of carbonyl (C=O) groups excluding carboxylic acids is 1. The molecule has 1 unspecified atom stereocenters. The van der Waals surface area contributed by atoms with Crippen molar-refractivity contribution < 1.29 is 9.53 Å². The molecule has 92 valence electrons. The lowest BCUT2D eigenvalue weighted by molar-refractivity contribution is 0.0489. The first-order chi connectivity index (χ1) is 7.42. The van der Waals surface area contributed by atoms with E-state index in [1.54, 1.807) is 0 Å². The van der Waals surface area contributed by atoms with Gasteiger partial charge in [0.1, 0.15) is 5.60 Å². The predicted molar refractivity (Wildman–Crippen MR) is 62.3 cm³/mol. The van der Waals surface area contributed by atoms with Gasteiger partial charge in [0, 0.05) is 18.1 Å². The summed E-state index contributed by atoms with van der Waals surface area (Å²) in [6, 6.07) is 1.48. The van der Waals surface area contributed by atoms with Crippen LogP contribution in [0.1, 0.15) is 46.5 Å². The van der Waals surface area contributed by atoms with Crippen molar-refractivity contribution in [3.8, 4) is 0 Å². The van der Waals surface area contributed by atoms with Gasteiger partial charge < -0.3 is 15.4 Å². The molecule has 0 aliphatic carbocycles. The monoisotopic (exact) mass is 226 g/mol. The topological polar surface area (TPSA) is 50.4 Å². The van der Waals surface area contributed by atoms with E-state index in [0.29, 0.717) is 12.1 Å². The zero-order valence-electron chi connectivity index (χ0n) is 10.4. The van der Waals surface area contributed by atoms with Crippen LogP contribution in [-0.4, -0.2) is 29.8 Å². The summed E-state index contributed by atoms with van der Waals surface area (Å²) in [6.45, 7) is 5.66. The van der Waals surface area contributed by atoms with E-state index >= 15 is 0 Å². The van der Waals surface area contributed by atoms with Crippen molar-refractivity contribution in [1.29, 1.82) is 0 Å². The van der Waals surface area contributed by atoms with Crippen molar-refractivity contribution in [2.45, 2.75) is 70.2 Å². The molecule has 2 saturated heterocycles. The average molecular weight is 226 g/mol. The Bertz CT molecular complexity index is 261. The van der Waals surface area contributed by atoms with E-state index in [2.05, 4.69) is 10.6 Å². The van der Waals surface area contributed by atoms with Crippen LogP contribution in [0.5, 0.6) is 0 Å². The van der Waals surface area contributed by atoms with Gasteiger partial charge in [-0.3, -0.25) is 0 Å². The van der Waals surface area contributed by atoms with E-state index in [9.17, 15) is 4.79 Å². The van der Waals surface area contributed by atoms with Gasteiger partial charge in [-0.05, 0) is 46.5 Å². The first-order valence-electron chi connectivity index (χ1n) is 6.18. The lowest BCUT2D eigenvalue weighted by atomic mass is 10.0. The van der Waals surface area contributed by atoms with Crippen molar-refractivity contribution in [3.05, 3.63) is 0 Å². The predicted octanol–water partition coefficient (Wildman–Crippen LogP) is 1.79. The third-order valence-electron chi connectivity index (χ3n) is 3.19. The number of carbonyl (C=O) groups is 1. The second-order valence-electron chi connectivity index (χ2n) is 5.95. The normalized spacial score (nSPS) is 33.6. The van der Waals surface area contributed by atoms with E-state index in [-0.39, 0.29) is 12.1 Å². The fourth-order valence-electron chi connectivity index (χ4n) is 2.65. The number of hydrogen-bond donors (Lipinski definition) is 2. The highest BCUT2D eigenvalue weighted by atomic mass is 16.6. The first kappa shape index (κ1) is 11.7. The molecular weight excluding hydrogens is 204 g/mol. The number of hydrogen-bond acceptors (Lipinski definition) is 3. The zero-order chi connectivity index (χ0) is 11.8. The summed E-state index contributed by atoms with van der Waals surface area (Å²) in [5.41, 5.74) is -0.407. The molecule has 2 N–H and O–H groups in total. The van der Waals surface area contributed by atoms with Crippen molar-refractivity contribution in [2.75, 3.05) is 0 Å². The molecule has 0 aromatic rings. The Kier molecular flexibility index (Phi) is 3.10. The molecule has 2 fully saturated rings. The molecule has 16 heavy (non-hydrogen) atoms. The van der Waals surface area contributed by atoms with Crippen LogP contribution in [0.25, 0.3) is 0 Å². The maximum absolute atomic E-state index is 11.6. The lowest BCUT2D eigenvalue weighted by Gasteiger charge is -2.30. The Morgan fingerprint density at radius 1 is 1.25 bits per heavy atom. The summed E-state index contributed by atoms with van der Waals surface area (Å²) in [6.07, 6.45) is 4.29. The van der Waals surface area contributed by atoms with Crippen LogP contribution in [0.2, 0.25) is 0 Å². The van der Waals surface area contributed by atoms with Crippen molar-refractivity contribution in [2.24, 2.45) is 0 Å². The Labute approximate surface area is 97.1 Å². The largest absolute Gasteiger partial charge is 0.444 e. The molecule has 4 heteroatoms. The van der Waals surface area contributed by atoms with E-state index in [4.69, 9.17) is 4.74 Å². The number of amides is 1. The minimum absolute atomic E-state index is 0.279. The number of nitrogens with one attached hydrogen (secondary N) is 2. The molecule has 2 heterocycles. The quantitative estimate of drug-likeness (QED) is 0.716. The van der Waals surface area contributed by atoms with E-state index in [1.807, 2.05) is 20.8 Å². The van der Waals surface area contributed by atoms with Crippen LogP contribution in [-0.2, 0) is 4.74 Å². The zero-order valence-corrected chi connectivity index (χ0v) is 10.4. The SMILES string of the molecule is CC(C)(C)OC(=O)NC1C[C@H]2CC[C@@H](C1)N2. The summed E-state index contributed by atoms with van der Waals surface area (Å²) < 4.78 is 5.26. The molecule has 1 amide bonds. The number of alkyl carbamates (subject to hydrolysis) is 1. The smallest absolute Gasteiger partial charge is 0.407 e. The Morgan fingerprint density at radius 2 is 1.81 bits per heavy atom. The average Bonchev–Trinajstić information content (AvgIpc) is 2.42. The van der Waals surface area contributed by atoms with Crippen LogP contribution in [0.15, 0.2) is 0 Å². The maximum Gasteiger partial charge on any atom is 0.407 e. The van der Waals surface area contributed by atoms with Crippen molar-refractivity contribution in [1.82, 2.24) is 10.6 Å². The van der Waals surface area contributed by atoms with Crippen LogP contribution >= 0.6 is 0 Å². The van der Waals surface area contributed by atoms with Gasteiger partial charge in [-0.25, -0.2) is 4.79 Å². The molecule has 0 saturated carbocycles. The first-order valence-corrected chi connectivity index (χ1v) is 6.18. The van der Waals surface area contributed by atoms with Gasteiger partial charge in [0.05, 0.1) is 0 Å². The highest BCUT2D eigenvalue weighted by Crippen LogP contribution is 2.26. The highest BCUT2D eigenvalue weighted by molar-refractivity contribution is 5.68. The summed E-state index contributed by atoms with van der Waals surface area (Å²) in [7, 11) is 0. The van der Waals surface area contributed by atoms with Crippen molar-refractivity contribution >= 4 is 6.09 Å². The lowest BCUT2D eigenvalue weighted by Crippen LogP contribution is -2.49. The third-order valence-corrected chi connectivity index (χ3v) is 3.19. The van der Waals surface area contributed by atoms with Gasteiger partial charge in [0.15, 0.2) is 0 Å². The number of ether oxygens (including phenoxy) is 1. The van der Waals surface area contributed by atoms with Crippen LogP contribution in [0.4, 0.5) is 4.79 Å². The summed E-state index contributed by atoms with van der Waals surface area (Å²) >= 11 is 0.